The van der Waals surface area contributed by atoms with Gasteiger partial charge >= 0.3 is 0 Å². The molecule has 0 spiro atoms. The van der Waals surface area contributed by atoms with Crippen LogP contribution in [0.2, 0.25) is 0 Å². The van der Waals surface area contributed by atoms with Crippen LogP contribution >= 0.6 is 0 Å². The van der Waals surface area contributed by atoms with Gasteiger partial charge in [0.1, 0.15) is 5.54 Å². The van der Waals surface area contributed by atoms with Gasteiger partial charge in [-0.15, -0.1) is 0 Å². The van der Waals surface area contributed by atoms with Gasteiger partial charge in [0, 0.05) is 18.2 Å². The van der Waals surface area contributed by atoms with Gasteiger partial charge in [-0.2, -0.15) is 0 Å². The van der Waals surface area contributed by atoms with E-state index in [1.54, 1.807) is 0 Å². The average Bonchev–Trinajstić information content (AvgIpc) is 3.38. The Bertz CT molecular complexity index is 1030. The molecule has 1 aliphatic carbocycles. The molecule has 1 fully saturated rings. The molecule has 4 aromatic rings. The third-order valence-corrected chi connectivity index (χ3v) is 7.29. The Morgan fingerprint density at radius 1 is 0.719 bits per heavy atom. The summed E-state index contributed by atoms with van der Waals surface area (Å²) in [5, 5.41) is 0. The van der Waals surface area contributed by atoms with Crippen molar-refractivity contribution in [3.63, 3.8) is 0 Å². The van der Waals surface area contributed by atoms with Crippen molar-refractivity contribution in [1.29, 1.82) is 0 Å². The fourth-order valence-corrected chi connectivity index (χ4v) is 5.56. The molecule has 2 N–H and O–H groups in total. The molecule has 3 aromatic carbocycles. The van der Waals surface area contributed by atoms with Crippen molar-refractivity contribution in [2.24, 2.45) is 5.73 Å². The highest BCUT2D eigenvalue weighted by Gasteiger charge is 2.41. The van der Waals surface area contributed by atoms with E-state index >= 15 is 0 Å². The molecule has 0 atom stereocenters. The van der Waals surface area contributed by atoms with Crippen LogP contribution in [0.3, 0.4) is 0 Å². The molecule has 1 heterocycles. The molecular weight excluding hydrogens is 390 g/mol. The Kier molecular flexibility index (Phi) is 5.67. The van der Waals surface area contributed by atoms with Crippen molar-refractivity contribution >= 4 is 0 Å². The molecular formula is C29H31N3. The number of nitrogens with two attached hydrogens (primary N) is 1. The maximum Gasteiger partial charge on any atom is 0.121 e. The Labute approximate surface area is 190 Å². The van der Waals surface area contributed by atoms with E-state index in [0.29, 0.717) is 6.54 Å². The van der Waals surface area contributed by atoms with Gasteiger partial charge in [-0.1, -0.05) is 110 Å². The number of aromatic nitrogens is 2. The second-order valence-corrected chi connectivity index (χ2v) is 9.02. The zero-order chi connectivity index (χ0) is 21.9. The summed E-state index contributed by atoms with van der Waals surface area (Å²) < 4.78 is 2.31. The van der Waals surface area contributed by atoms with E-state index in [9.17, 15) is 0 Å². The van der Waals surface area contributed by atoms with Crippen LogP contribution in [0, 0.1) is 0 Å². The minimum atomic E-state index is -0.514. The fourth-order valence-electron chi connectivity index (χ4n) is 5.56. The number of rotatable bonds is 6. The topological polar surface area (TPSA) is 43.8 Å². The Morgan fingerprint density at radius 3 is 1.62 bits per heavy atom. The van der Waals surface area contributed by atoms with Gasteiger partial charge in [-0.3, -0.25) is 0 Å². The maximum absolute atomic E-state index is 6.37. The number of hydrogen-bond acceptors (Lipinski definition) is 2. The first-order valence-corrected chi connectivity index (χ1v) is 11.7. The second kappa shape index (κ2) is 8.76. The normalized spacial score (nSPS) is 16.0. The predicted octanol–water partition coefficient (Wildman–Crippen LogP) is 5.88. The van der Waals surface area contributed by atoms with E-state index in [0.717, 1.165) is 18.5 Å². The standard InChI is InChI=1S/C29H31N3/c30-22-28(19-11-4-12-20-28)27-21-32(23-31-27)29(24-13-5-1-6-14-24,25-15-7-2-8-16-25)26-17-9-3-10-18-26/h1-3,5-10,13-18,21,23H,4,11-12,19-20,22,30H2. The van der Waals surface area contributed by atoms with Gasteiger partial charge in [0.05, 0.1) is 12.0 Å². The summed E-state index contributed by atoms with van der Waals surface area (Å²) in [7, 11) is 0. The molecule has 0 aliphatic heterocycles. The van der Waals surface area contributed by atoms with Gasteiger partial charge in [0.2, 0.25) is 0 Å². The van der Waals surface area contributed by atoms with Crippen LogP contribution in [0.5, 0.6) is 0 Å². The number of hydrogen-bond donors (Lipinski definition) is 1. The van der Waals surface area contributed by atoms with Crippen molar-refractivity contribution in [3.05, 3.63) is 126 Å². The summed E-state index contributed by atoms with van der Waals surface area (Å²) in [5.74, 6) is 0. The van der Waals surface area contributed by atoms with Gasteiger partial charge < -0.3 is 10.3 Å². The van der Waals surface area contributed by atoms with Gasteiger partial charge in [0.25, 0.3) is 0 Å². The zero-order valence-electron chi connectivity index (χ0n) is 18.5. The van der Waals surface area contributed by atoms with E-state index in [1.165, 1.54) is 36.0 Å². The maximum atomic E-state index is 6.37. The molecule has 0 unspecified atom stereocenters. The number of benzene rings is 3. The van der Waals surface area contributed by atoms with Crippen molar-refractivity contribution in [1.82, 2.24) is 9.55 Å². The van der Waals surface area contributed by atoms with E-state index < -0.39 is 5.54 Å². The van der Waals surface area contributed by atoms with Crippen LogP contribution in [-0.2, 0) is 11.0 Å². The average molecular weight is 422 g/mol. The highest BCUT2D eigenvalue weighted by Crippen LogP contribution is 2.43. The second-order valence-electron chi connectivity index (χ2n) is 9.02. The van der Waals surface area contributed by atoms with Crippen LogP contribution in [-0.4, -0.2) is 16.1 Å². The quantitative estimate of drug-likeness (QED) is 0.395. The first-order chi connectivity index (χ1) is 15.8. The summed E-state index contributed by atoms with van der Waals surface area (Å²) in [5.41, 5.74) is 10.6. The summed E-state index contributed by atoms with van der Waals surface area (Å²) in [6.07, 6.45) is 10.3. The van der Waals surface area contributed by atoms with Gasteiger partial charge in [-0.05, 0) is 29.5 Å². The first-order valence-electron chi connectivity index (χ1n) is 11.7. The molecule has 5 rings (SSSR count). The highest BCUT2D eigenvalue weighted by molar-refractivity contribution is 5.50. The molecule has 3 heteroatoms. The summed E-state index contributed by atoms with van der Waals surface area (Å²) >= 11 is 0. The van der Waals surface area contributed by atoms with Crippen molar-refractivity contribution in [2.45, 2.75) is 43.1 Å². The lowest BCUT2D eigenvalue weighted by atomic mass is 9.72. The van der Waals surface area contributed by atoms with Crippen molar-refractivity contribution in [3.8, 4) is 0 Å². The Balaban J connectivity index is 1.77. The summed E-state index contributed by atoms with van der Waals surface area (Å²) in [6, 6.07) is 32.3. The van der Waals surface area contributed by atoms with Crippen LogP contribution in [0.4, 0.5) is 0 Å². The van der Waals surface area contributed by atoms with Gasteiger partial charge in [0.15, 0.2) is 0 Å². The van der Waals surface area contributed by atoms with E-state index in [4.69, 9.17) is 10.7 Å². The third kappa shape index (κ3) is 3.37. The molecule has 32 heavy (non-hydrogen) atoms. The minimum absolute atomic E-state index is 0.0146. The lowest BCUT2D eigenvalue weighted by Gasteiger charge is -2.38. The number of nitrogens with zero attached hydrogens (tertiary/aromatic N) is 2. The fraction of sp³-hybridized carbons (Fsp3) is 0.276. The minimum Gasteiger partial charge on any atom is -0.330 e. The van der Waals surface area contributed by atoms with Crippen molar-refractivity contribution < 1.29 is 0 Å². The highest BCUT2D eigenvalue weighted by atomic mass is 15.1. The molecule has 0 amide bonds. The van der Waals surface area contributed by atoms with Crippen LogP contribution < -0.4 is 5.73 Å². The molecule has 0 bridgehead atoms. The SMILES string of the molecule is NCC1(c2cn(C(c3ccccc3)(c3ccccc3)c3ccccc3)cn2)CCCCC1. The molecule has 0 radical (unpaired) electrons. The van der Waals surface area contributed by atoms with Crippen LogP contribution in [0.15, 0.2) is 104 Å². The summed E-state index contributed by atoms with van der Waals surface area (Å²) in [6.45, 7) is 0.652. The lowest BCUT2D eigenvalue weighted by molar-refractivity contribution is 0.294. The molecule has 1 aliphatic rings. The van der Waals surface area contributed by atoms with Crippen molar-refractivity contribution in [2.75, 3.05) is 6.54 Å². The smallest absolute Gasteiger partial charge is 0.121 e. The van der Waals surface area contributed by atoms with E-state index in [2.05, 4.69) is 102 Å². The molecule has 1 saturated carbocycles. The third-order valence-electron chi connectivity index (χ3n) is 7.29. The Hall–Kier alpha value is -3.17. The lowest BCUT2D eigenvalue weighted by Crippen LogP contribution is -2.39. The monoisotopic (exact) mass is 421 g/mol. The molecule has 162 valence electrons. The summed E-state index contributed by atoms with van der Waals surface area (Å²) in [4.78, 5) is 5.01. The largest absolute Gasteiger partial charge is 0.330 e. The Morgan fingerprint density at radius 2 is 1.19 bits per heavy atom. The first kappa shape index (κ1) is 20.7. The number of imidazole rings is 1. The predicted molar refractivity (Wildman–Crippen MR) is 131 cm³/mol. The van der Waals surface area contributed by atoms with Crippen LogP contribution in [0.25, 0.3) is 0 Å². The van der Waals surface area contributed by atoms with Crippen LogP contribution in [0.1, 0.15) is 54.5 Å². The molecule has 1 aromatic heterocycles. The van der Waals surface area contributed by atoms with E-state index in [1.807, 2.05) is 6.33 Å². The molecule has 0 saturated heterocycles. The zero-order valence-corrected chi connectivity index (χ0v) is 18.5. The van der Waals surface area contributed by atoms with Gasteiger partial charge in [-0.25, -0.2) is 4.98 Å². The molecule has 3 nitrogen and oxygen atoms in total. The van der Waals surface area contributed by atoms with E-state index in [-0.39, 0.29) is 5.41 Å².